The number of hydrogen-bond acceptors (Lipinski definition) is 4. The number of rotatable bonds is 5. The van der Waals surface area contributed by atoms with E-state index in [4.69, 9.17) is 4.74 Å². The Hall–Kier alpha value is -3.54. The number of ether oxygens (including phenoxy) is 1. The van der Waals surface area contributed by atoms with Crippen LogP contribution in [0.3, 0.4) is 0 Å². The number of carbonyl (C=O) groups is 1. The monoisotopic (exact) mass is 414 g/mol. The highest BCUT2D eigenvalue weighted by molar-refractivity contribution is 5.79. The van der Waals surface area contributed by atoms with Gasteiger partial charge < -0.3 is 19.1 Å². The van der Waals surface area contributed by atoms with E-state index in [0.29, 0.717) is 25.4 Å². The van der Waals surface area contributed by atoms with E-state index in [9.17, 15) is 4.79 Å². The van der Waals surface area contributed by atoms with Gasteiger partial charge in [0.05, 0.1) is 11.4 Å². The molecule has 0 unspecified atom stereocenters. The smallest absolute Gasteiger partial charge is 0.260 e. The van der Waals surface area contributed by atoms with E-state index in [0.717, 1.165) is 23.5 Å². The number of amides is 1. The Balaban J connectivity index is 1.45. The molecule has 6 heteroatoms. The van der Waals surface area contributed by atoms with Crippen LogP contribution in [0.1, 0.15) is 19.0 Å². The van der Waals surface area contributed by atoms with Gasteiger partial charge in [-0.2, -0.15) is 0 Å². The lowest BCUT2D eigenvalue weighted by atomic mass is 9.88. The van der Waals surface area contributed by atoms with Crippen molar-refractivity contribution in [3.05, 3.63) is 84.8 Å². The second kappa shape index (κ2) is 7.61. The lowest BCUT2D eigenvalue weighted by Crippen LogP contribution is -2.53. The molecule has 5 rings (SSSR count). The molecule has 1 spiro atoms. The first-order valence-corrected chi connectivity index (χ1v) is 10.6. The highest BCUT2D eigenvalue weighted by atomic mass is 16.5. The van der Waals surface area contributed by atoms with Crippen LogP contribution >= 0.6 is 0 Å². The topological polar surface area (TPSA) is 50.6 Å². The minimum Gasteiger partial charge on any atom is -0.484 e. The largest absolute Gasteiger partial charge is 0.484 e. The number of fused-ring (bicyclic) bond motifs is 4. The van der Waals surface area contributed by atoms with E-state index in [1.54, 1.807) is 0 Å². The van der Waals surface area contributed by atoms with Crippen LogP contribution in [0, 0.1) is 0 Å². The van der Waals surface area contributed by atoms with E-state index >= 15 is 0 Å². The van der Waals surface area contributed by atoms with Crippen LogP contribution in [0.2, 0.25) is 0 Å². The molecule has 1 aromatic carbocycles. The molecule has 0 bridgehead atoms. The number of carbonyl (C=O) groups excluding carboxylic acids is 1. The number of para-hydroxylation sites is 1. The van der Waals surface area contributed by atoms with Gasteiger partial charge >= 0.3 is 0 Å². The molecule has 0 N–H and O–H groups in total. The number of nitrogens with zero attached hydrogens (tertiary/aromatic N) is 4. The number of anilines is 1. The van der Waals surface area contributed by atoms with E-state index in [1.165, 1.54) is 5.69 Å². The van der Waals surface area contributed by atoms with Gasteiger partial charge in [-0.3, -0.25) is 4.79 Å². The van der Waals surface area contributed by atoms with Gasteiger partial charge in [-0.05, 0) is 49.7 Å². The summed E-state index contributed by atoms with van der Waals surface area (Å²) in [6, 6.07) is 17.8. The predicted molar refractivity (Wildman–Crippen MR) is 121 cm³/mol. The van der Waals surface area contributed by atoms with Crippen molar-refractivity contribution in [2.24, 2.45) is 0 Å². The summed E-state index contributed by atoms with van der Waals surface area (Å²) in [5, 5.41) is 0. The lowest BCUT2D eigenvalue weighted by molar-refractivity contribution is -0.132. The maximum atomic E-state index is 13.0. The van der Waals surface area contributed by atoms with Crippen LogP contribution in [0.5, 0.6) is 5.75 Å². The average molecular weight is 415 g/mol. The zero-order chi connectivity index (χ0) is 21.4. The van der Waals surface area contributed by atoms with Crippen molar-refractivity contribution in [2.75, 3.05) is 31.1 Å². The number of likely N-dealkylation sites (tertiary alicyclic amines) is 1. The first-order valence-electron chi connectivity index (χ1n) is 10.6. The molecule has 1 atom stereocenters. The van der Waals surface area contributed by atoms with Crippen molar-refractivity contribution >= 4 is 11.6 Å². The van der Waals surface area contributed by atoms with Gasteiger partial charge in [0, 0.05) is 32.0 Å². The molecule has 158 valence electrons. The van der Waals surface area contributed by atoms with Crippen LogP contribution < -0.4 is 9.64 Å². The Morgan fingerprint density at radius 2 is 2.00 bits per heavy atom. The average Bonchev–Trinajstić information content (AvgIpc) is 3.45. The summed E-state index contributed by atoms with van der Waals surface area (Å²) < 4.78 is 7.89. The molecule has 1 fully saturated rings. The quantitative estimate of drug-likeness (QED) is 0.597. The summed E-state index contributed by atoms with van der Waals surface area (Å²) in [5.41, 5.74) is 3.00. The van der Waals surface area contributed by atoms with E-state index < -0.39 is 0 Å². The summed E-state index contributed by atoms with van der Waals surface area (Å²) in [6.07, 6.45) is 4.73. The first-order chi connectivity index (χ1) is 15.1. The molecule has 0 aliphatic carbocycles. The van der Waals surface area contributed by atoms with Crippen LogP contribution in [-0.2, 0) is 10.3 Å². The molecule has 6 nitrogen and oxygen atoms in total. The second-order valence-electron chi connectivity index (χ2n) is 8.35. The van der Waals surface area contributed by atoms with Crippen LogP contribution in [-0.4, -0.2) is 46.6 Å². The number of pyridine rings is 1. The Kier molecular flexibility index (Phi) is 4.77. The van der Waals surface area contributed by atoms with Gasteiger partial charge in [0.2, 0.25) is 0 Å². The van der Waals surface area contributed by atoms with Gasteiger partial charge in [-0.15, -0.1) is 0 Å². The van der Waals surface area contributed by atoms with Gasteiger partial charge in [0.1, 0.15) is 11.3 Å². The van der Waals surface area contributed by atoms with Crippen molar-refractivity contribution in [1.29, 1.82) is 0 Å². The molecule has 2 aromatic heterocycles. The van der Waals surface area contributed by atoms with Crippen molar-refractivity contribution in [1.82, 2.24) is 14.5 Å². The maximum Gasteiger partial charge on any atom is 0.260 e. The lowest BCUT2D eigenvalue weighted by Gasteiger charge is -2.47. The molecule has 1 saturated heterocycles. The molecule has 4 heterocycles. The predicted octanol–water partition coefficient (Wildman–Crippen LogP) is 3.78. The molecular weight excluding hydrogens is 388 g/mol. The third kappa shape index (κ3) is 3.28. The third-order valence-corrected chi connectivity index (χ3v) is 6.16. The summed E-state index contributed by atoms with van der Waals surface area (Å²) in [7, 11) is 0. The summed E-state index contributed by atoms with van der Waals surface area (Å²) in [4.78, 5) is 22.0. The van der Waals surface area contributed by atoms with Gasteiger partial charge in [0.25, 0.3) is 5.91 Å². The molecule has 2 aliphatic rings. The minimum absolute atomic E-state index is 0.00564. The molecular formula is C25H26N4O2. The number of benzene rings is 1. The summed E-state index contributed by atoms with van der Waals surface area (Å²) >= 11 is 0. The summed E-state index contributed by atoms with van der Waals surface area (Å²) in [6.45, 7) is 8.26. The minimum atomic E-state index is -0.319. The van der Waals surface area contributed by atoms with Gasteiger partial charge in [-0.25, -0.2) is 4.98 Å². The Morgan fingerprint density at radius 3 is 2.81 bits per heavy atom. The molecule has 2 aliphatic heterocycles. The van der Waals surface area contributed by atoms with Gasteiger partial charge in [0.15, 0.2) is 12.4 Å². The van der Waals surface area contributed by atoms with Gasteiger partial charge in [-0.1, -0.05) is 30.4 Å². The van der Waals surface area contributed by atoms with E-state index in [1.807, 2.05) is 54.4 Å². The first kappa shape index (κ1) is 19.4. The van der Waals surface area contributed by atoms with Crippen LogP contribution in [0.4, 0.5) is 5.69 Å². The molecule has 0 saturated carbocycles. The summed E-state index contributed by atoms with van der Waals surface area (Å²) in [5.74, 6) is 1.64. The Labute approximate surface area is 182 Å². The Morgan fingerprint density at radius 1 is 1.16 bits per heavy atom. The van der Waals surface area contributed by atoms with Crippen molar-refractivity contribution in [3.8, 4) is 11.6 Å². The number of aromatic nitrogens is 2. The Bertz CT molecular complexity index is 1120. The zero-order valence-corrected chi connectivity index (χ0v) is 17.7. The van der Waals surface area contributed by atoms with Crippen LogP contribution in [0.15, 0.2) is 79.1 Å². The fraction of sp³-hybridized carbons (Fsp3) is 0.280. The fourth-order valence-electron chi connectivity index (χ4n) is 4.79. The highest BCUT2D eigenvalue weighted by Crippen LogP contribution is 2.47. The number of hydrogen-bond donors (Lipinski definition) is 0. The van der Waals surface area contributed by atoms with Crippen molar-refractivity contribution < 1.29 is 9.53 Å². The molecule has 3 aromatic rings. The SMILES string of the molecule is C=C(C)CN1c2cccnc2-n2cccc2[C@]12CCN(C(=O)COc1ccccc1)C2. The normalized spacial score (nSPS) is 19.3. The standard InChI is InChI=1S/C25H26N4O2/c1-19(2)16-29-21-10-6-13-26-24(21)28-14-7-11-22(28)25(29)12-15-27(18-25)23(30)17-31-20-8-4-3-5-9-20/h3-11,13-14H,1,12,15-18H2,2H3/t25-/m1/s1. The zero-order valence-electron chi connectivity index (χ0n) is 17.7. The maximum absolute atomic E-state index is 13.0. The van der Waals surface area contributed by atoms with Crippen molar-refractivity contribution in [2.45, 2.75) is 18.9 Å². The fourth-order valence-corrected chi connectivity index (χ4v) is 4.79. The second-order valence-corrected chi connectivity index (χ2v) is 8.35. The van der Waals surface area contributed by atoms with E-state index in [-0.39, 0.29) is 18.1 Å². The highest BCUT2D eigenvalue weighted by Gasteiger charge is 2.50. The van der Waals surface area contributed by atoms with Crippen LogP contribution in [0.25, 0.3) is 5.82 Å². The van der Waals surface area contributed by atoms with E-state index in [2.05, 4.69) is 45.4 Å². The molecule has 1 amide bonds. The van der Waals surface area contributed by atoms with Crippen molar-refractivity contribution in [3.63, 3.8) is 0 Å². The molecule has 0 radical (unpaired) electrons. The molecule has 31 heavy (non-hydrogen) atoms. The third-order valence-electron chi connectivity index (χ3n) is 6.16.